The van der Waals surface area contributed by atoms with Gasteiger partial charge < -0.3 is 9.47 Å². The molecule has 0 atom stereocenters. The normalized spacial score (nSPS) is 11.7. The lowest BCUT2D eigenvalue weighted by molar-refractivity contribution is 0.174. The van der Waals surface area contributed by atoms with Crippen LogP contribution in [0.25, 0.3) is 11.1 Å². The Kier molecular flexibility index (Phi) is 2.55. The smallest absolute Gasteiger partial charge is 0.231 e. The van der Waals surface area contributed by atoms with E-state index in [9.17, 15) is 10.5 Å². The minimum atomic E-state index is 0.198. The Labute approximate surface area is 110 Å². The van der Waals surface area contributed by atoms with Crippen molar-refractivity contribution in [2.75, 3.05) is 6.79 Å². The molecular weight excluding hydrogens is 240 g/mol. The van der Waals surface area contributed by atoms with Crippen molar-refractivity contribution in [2.24, 2.45) is 0 Å². The van der Waals surface area contributed by atoms with Gasteiger partial charge in [0, 0.05) is 5.56 Å². The maximum atomic E-state index is 9.18. The number of rotatable bonds is 1. The van der Waals surface area contributed by atoms with E-state index >= 15 is 0 Å². The molecule has 19 heavy (non-hydrogen) atoms. The summed E-state index contributed by atoms with van der Waals surface area (Å²) in [6.45, 7) is 0.198. The van der Waals surface area contributed by atoms with Gasteiger partial charge in [0.25, 0.3) is 0 Å². The second-order valence-corrected chi connectivity index (χ2v) is 4.02. The predicted octanol–water partition coefficient (Wildman–Crippen LogP) is 2.83. The first-order valence-electron chi connectivity index (χ1n) is 5.66. The van der Waals surface area contributed by atoms with Gasteiger partial charge in [0.2, 0.25) is 6.79 Å². The average Bonchev–Trinajstić information content (AvgIpc) is 2.93. The highest BCUT2D eigenvalue weighted by Crippen LogP contribution is 2.37. The molecule has 0 N–H and O–H groups in total. The lowest BCUT2D eigenvalue weighted by atomic mass is 9.95. The summed E-state index contributed by atoms with van der Waals surface area (Å²) in [4.78, 5) is 0. The SMILES string of the molecule is N#Cc1cccc(C#N)c1-c1ccc2c(c1)OCO2. The third-order valence-corrected chi connectivity index (χ3v) is 2.97. The van der Waals surface area contributed by atoms with Crippen LogP contribution in [0.1, 0.15) is 11.1 Å². The van der Waals surface area contributed by atoms with Crippen molar-refractivity contribution in [3.05, 3.63) is 47.5 Å². The summed E-state index contributed by atoms with van der Waals surface area (Å²) < 4.78 is 10.6. The molecule has 0 amide bonds. The van der Waals surface area contributed by atoms with Gasteiger partial charge in [0.15, 0.2) is 11.5 Å². The highest BCUT2D eigenvalue weighted by Gasteiger charge is 2.17. The lowest BCUT2D eigenvalue weighted by Crippen LogP contribution is -1.93. The molecule has 4 nitrogen and oxygen atoms in total. The molecule has 1 heterocycles. The van der Waals surface area contributed by atoms with Crippen LogP contribution < -0.4 is 9.47 Å². The molecule has 1 aliphatic heterocycles. The summed E-state index contributed by atoms with van der Waals surface area (Å²) in [5, 5.41) is 18.4. The fraction of sp³-hybridized carbons (Fsp3) is 0.0667. The quantitative estimate of drug-likeness (QED) is 0.778. The van der Waals surface area contributed by atoms with Crippen LogP contribution in [-0.4, -0.2) is 6.79 Å². The average molecular weight is 248 g/mol. The molecule has 2 aromatic rings. The lowest BCUT2D eigenvalue weighted by Gasteiger charge is -2.07. The van der Waals surface area contributed by atoms with Crippen molar-refractivity contribution in [1.82, 2.24) is 0 Å². The monoisotopic (exact) mass is 248 g/mol. The van der Waals surface area contributed by atoms with E-state index in [1.54, 1.807) is 30.3 Å². The second-order valence-electron chi connectivity index (χ2n) is 4.02. The molecule has 3 rings (SSSR count). The van der Waals surface area contributed by atoms with Crippen molar-refractivity contribution in [2.45, 2.75) is 0 Å². The van der Waals surface area contributed by atoms with Crippen LogP contribution in [0.2, 0.25) is 0 Å². The third-order valence-electron chi connectivity index (χ3n) is 2.97. The van der Waals surface area contributed by atoms with Crippen LogP contribution in [0, 0.1) is 22.7 Å². The molecule has 0 bridgehead atoms. The number of nitrogens with zero attached hydrogens (tertiary/aromatic N) is 2. The first-order valence-corrected chi connectivity index (χ1v) is 5.66. The van der Waals surface area contributed by atoms with Crippen LogP contribution in [0.3, 0.4) is 0 Å². The number of fused-ring (bicyclic) bond motifs is 1. The van der Waals surface area contributed by atoms with Crippen molar-refractivity contribution in [3.8, 4) is 34.8 Å². The van der Waals surface area contributed by atoms with Crippen LogP contribution >= 0.6 is 0 Å². The largest absolute Gasteiger partial charge is 0.454 e. The Hall–Kier alpha value is -2.98. The molecule has 0 saturated carbocycles. The zero-order valence-corrected chi connectivity index (χ0v) is 9.88. The summed E-state index contributed by atoms with van der Waals surface area (Å²) in [5.41, 5.74) is 2.35. The summed E-state index contributed by atoms with van der Waals surface area (Å²) in [7, 11) is 0. The Morgan fingerprint density at radius 1 is 0.895 bits per heavy atom. The summed E-state index contributed by atoms with van der Waals surface area (Å²) in [6.07, 6.45) is 0. The van der Waals surface area contributed by atoms with E-state index in [-0.39, 0.29) is 6.79 Å². The van der Waals surface area contributed by atoms with E-state index in [0.29, 0.717) is 28.2 Å². The number of hydrogen-bond donors (Lipinski definition) is 0. The van der Waals surface area contributed by atoms with E-state index in [1.807, 2.05) is 6.07 Å². The predicted molar refractivity (Wildman–Crippen MR) is 67.4 cm³/mol. The van der Waals surface area contributed by atoms with Crippen molar-refractivity contribution < 1.29 is 9.47 Å². The van der Waals surface area contributed by atoms with E-state index in [4.69, 9.17) is 9.47 Å². The Balaban J connectivity index is 2.23. The molecule has 0 aliphatic carbocycles. The zero-order valence-electron chi connectivity index (χ0n) is 9.88. The van der Waals surface area contributed by atoms with Crippen LogP contribution in [0.15, 0.2) is 36.4 Å². The van der Waals surface area contributed by atoms with Crippen LogP contribution in [-0.2, 0) is 0 Å². The molecule has 1 aliphatic rings. The van der Waals surface area contributed by atoms with E-state index < -0.39 is 0 Å². The van der Waals surface area contributed by atoms with Crippen molar-refractivity contribution >= 4 is 0 Å². The van der Waals surface area contributed by atoms with Gasteiger partial charge in [-0.15, -0.1) is 0 Å². The summed E-state index contributed by atoms with van der Waals surface area (Å²) in [5.74, 6) is 1.31. The zero-order chi connectivity index (χ0) is 13.2. The number of nitriles is 2. The van der Waals surface area contributed by atoms with E-state index in [0.717, 1.165) is 5.56 Å². The second kappa shape index (κ2) is 4.36. The molecule has 0 aromatic heterocycles. The van der Waals surface area contributed by atoms with Gasteiger partial charge in [-0.2, -0.15) is 10.5 Å². The molecular formula is C15H8N2O2. The number of benzene rings is 2. The van der Waals surface area contributed by atoms with Crippen molar-refractivity contribution in [1.29, 1.82) is 10.5 Å². The van der Waals surface area contributed by atoms with Gasteiger partial charge in [0.1, 0.15) is 0 Å². The maximum Gasteiger partial charge on any atom is 0.231 e. The molecule has 2 aromatic carbocycles. The molecule has 0 radical (unpaired) electrons. The van der Waals surface area contributed by atoms with Gasteiger partial charge in [-0.05, 0) is 29.8 Å². The standard InChI is InChI=1S/C15H8N2O2/c16-7-11-2-1-3-12(8-17)15(11)10-4-5-13-14(6-10)19-9-18-13/h1-6H,9H2. The molecule has 0 saturated heterocycles. The van der Waals surface area contributed by atoms with Gasteiger partial charge >= 0.3 is 0 Å². The van der Waals surface area contributed by atoms with Gasteiger partial charge in [0.05, 0.1) is 23.3 Å². The van der Waals surface area contributed by atoms with Crippen molar-refractivity contribution in [3.63, 3.8) is 0 Å². The van der Waals surface area contributed by atoms with E-state index in [1.165, 1.54) is 0 Å². The van der Waals surface area contributed by atoms with Gasteiger partial charge in [-0.1, -0.05) is 12.1 Å². The van der Waals surface area contributed by atoms with Gasteiger partial charge in [-0.25, -0.2) is 0 Å². The summed E-state index contributed by atoms with van der Waals surface area (Å²) in [6, 6.07) is 14.7. The molecule has 0 spiro atoms. The molecule has 90 valence electrons. The molecule has 4 heteroatoms. The van der Waals surface area contributed by atoms with E-state index in [2.05, 4.69) is 12.1 Å². The first kappa shape index (κ1) is 11.1. The topological polar surface area (TPSA) is 66.0 Å². The fourth-order valence-electron chi connectivity index (χ4n) is 2.10. The Morgan fingerprint density at radius 2 is 1.58 bits per heavy atom. The highest BCUT2D eigenvalue weighted by molar-refractivity contribution is 5.78. The Morgan fingerprint density at radius 3 is 2.26 bits per heavy atom. The number of hydrogen-bond acceptors (Lipinski definition) is 4. The van der Waals surface area contributed by atoms with Crippen LogP contribution in [0.5, 0.6) is 11.5 Å². The third kappa shape index (κ3) is 1.76. The maximum absolute atomic E-state index is 9.18. The Bertz CT molecular complexity index is 707. The molecule has 0 fully saturated rings. The highest BCUT2D eigenvalue weighted by atomic mass is 16.7. The summed E-state index contributed by atoms with van der Waals surface area (Å²) >= 11 is 0. The minimum absolute atomic E-state index is 0.198. The fourth-order valence-corrected chi connectivity index (χ4v) is 2.10. The first-order chi connectivity index (χ1) is 9.33. The van der Waals surface area contributed by atoms with Gasteiger partial charge in [-0.3, -0.25) is 0 Å². The number of ether oxygens (including phenoxy) is 2. The minimum Gasteiger partial charge on any atom is -0.454 e. The molecule has 0 unspecified atom stereocenters. The van der Waals surface area contributed by atoms with Crippen LogP contribution in [0.4, 0.5) is 0 Å².